The van der Waals surface area contributed by atoms with Gasteiger partial charge in [-0.05, 0) is 44.9 Å². The third kappa shape index (κ3) is 3.38. The van der Waals surface area contributed by atoms with E-state index in [4.69, 9.17) is 4.74 Å². The van der Waals surface area contributed by atoms with Crippen LogP contribution < -0.4 is 10.6 Å². The van der Waals surface area contributed by atoms with Gasteiger partial charge < -0.3 is 15.4 Å². The average molecular weight is 276 g/mol. The molecular weight excluding hydrogens is 252 g/mol. The predicted octanol–water partition coefficient (Wildman–Crippen LogP) is 1.80. The number of nitrogens with one attached hydrogen (secondary N) is 2. The fourth-order valence-corrected chi connectivity index (χ4v) is 2.80. The Morgan fingerprint density at radius 1 is 1.45 bits per heavy atom. The topological polar surface area (TPSA) is 50.4 Å². The van der Waals surface area contributed by atoms with Crippen LogP contribution in [0.15, 0.2) is 18.2 Å². The first-order valence-electron chi connectivity index (χ1n) is 7.16. The van der Waals surface area contributed by atoms with E-state index in [9.17, 15) is 4.79 Å². The van der Waals surface area contributed by atoms with Gasteiger partial charge in [0.15, 0.2) is 0 Å². The molecule has 0 bridgehead atoms. The van der Waals surface area contributed by atoms with E-state index >= 15 is 0 Å². The zero-order valence-corrected chi connectivity index (χ0v) is 12.6. The molecule has 1 aromatic carbocycles. The summed E-state index contributed by atoms with van der Waals surface area (Å²) in [7, 11) is 1.70. The predicted molar refractivity (Wildman–Crippen MR) is 80.1 cm³/mol. The van der Waals surface area contributed by atoms with E-state index in [0.717, 1.165) is 36.1 Å². The molecule has 4 heteroatoms. The number of hydrogen-bond donors (Lipinski definition) is 2. The normalized spacial score (nSPS) is 21.9. The highest BCUT2D eigenvalue weighted by Gasteiger charge is 2.33. The lowest BCUT2D eigenvalue weighted by Gasteiger charge is -2.29. The van der Waals surface area contributed by atoms with E-state index in [-0.39, 0.29) is 11.4 Å². The Bertz CT molecular complexity index is 479. The first-order valence-corrected chi connectivity index (χ1v) is 7.16. The number of carbonyl (C=O) groups is 1. The van der Waals surface area contributed by atoms with Crippen LogP contribution in [0.25, 0.3) is 0 Å². The molecule has 0 aliphatic carbocycles. The van der Waals surface area contributed by atoms with Gasteiger partial charge in [-0.15, -0.1) is 0 Å². The molecule has 1 fully saturated rings. The fraction of sp³-hybridized carbons (Fsp3) is 0.562. The van der Waals surface area contributed by atoms with Crippen molar-refractivity contribution in [3.05, 3.63) is 34.9 Å². The van der Waals surface area contributed by atoms with Gasteiger partial charge in [0.2, 0.25) is 0 Å². The van der Waals surface area contributed by atoms with Gasteiger partial charge in [0.05, 0.1) is 12.1 Å². The minimum absolute atomic E-state index is 0.00428. The summed E-state index contributed by atoms with van der Waals surface area (Å²) in [6, 6.07) is 5.95. The van der Waals surface area contributed by atoms with Crippen LogP contribution in [0.5, 0.6) is 0 Å². The summed E-state index contributed by atoms with van der Waals surface area (Å²) in [5, 5.41) is 6.52. The minimum Gasteiger partial charge on any atom is -0.383 e. The molecule has 1 unspecified atom stereocenters. The third-order valence-corrected chi connectivity index (χ3v) is 3.98. The Labute approximate surface area is 120 Å². The Morgan fingerprint density at radius 2 is 2.25 bits per heavy atom. The molecule has 4 nitrogen and oxygen atoms in total. The summed E-state index contributed by atoms with van der Waals surface area (Å²) in [6.45, 7) is 6.18. The van der Waals surface area contributed by atoms with Crippen LogP contribution in [-0.2, 0) is 4.74 Å². The average Bonchev–Trinajstić information content (AvgIpc) is 2.88. The summed E-state index contributed by atoms with van der Waals surface area (Å²) in [5.74, 6) is -0.00428. The molecule has 2 rings (SSSR count). The Balaban J connectivity index is 2.02. The number of methoxy groups -OCH3 is 1. The largest absolute Gasteiger partial charge is 0.383 e. The standard InChI is InChI=1S/C16H24N2O2/c1-12-5-6-13(2)14(9-12)15(19)17-10-16(11-20-3)7-4-8-18-16/h5-6,9,18H,4,7-8,10-11H2,1-3H3,(H,17,19). The summed E-state index contributed by atoms with van der Waals surface area (Å²) >= 11 is 0. The van der Waals surface area contributed by atoms with Crippen molar-refractivity contribution >= 4 is 5.91 Å². The van der Waals surface area contributed by atoms with E-state index < -0.39 is 0 Å². The molecule has 20 heavy (non-hydrogen) atoms. The van der Waals surface area contributed by atoms with Gasteiger partial charge in [0.1, 0.15) is 0 Å². The van der Waals surface area contributed by atoms with Crippen molar-refractivity contribution in [3.63, 3.8) is 0 Å². The number of ether oxygens (including phenoxy) is 1. The van der Waals surface area contributed by atoms with Crippen LogP contribution in [0.1, 0.15) is 34.3 Å². The van der Waals surface area contributed by atoms with Crippen LogP contribution >= 0.6 is 0 Å². The van der Waals surface area contributed by atoms with E-state index in [0.29, 0.717) is 13.2 Å². The van der Waals surface area contributed by atoms with E-state index in [2.05, 4.69) is 10.6 Å². The van der Waals surface area contributed by atoms with Crippen LogP contribution in [-0.4, -0.2) is 38.3 Å². The molecule has 1 atom stereocenters. The van der Waals surface area contributed by atoms with Crippen LogP contribution in [0, 0.1) is 13.8 Å². The molecular formula is C16H24N2O2. The summed E-state index contributed by atoms with van der Waals surface area (Å²) in [4.78, 5) is 12.3. The molecule has 0 spiro atoms. The molecule has 1 aliphatic heterocycles. The van der Waals surface area contributed by atoms with Crippen molar-refractivity contribution in [2.45, 2.75) is 32.2 Å². The summed E-state index contributed by atoms with van der Waals surface area (Å²) < 4.78 is 5.30. The van der Waals surface area contributed by atoms with Crippen molar-refractivity contribution in [1.82, 2.24) is 10.6 Å². The van der Waals surface area contributed by atoms with Crippen LogP contribution in [0.3, 0.4) is 0 Å². The first-order chi connectivity index (χ1) is 9.56. The lowest BCUT2D eigenvalue weighted by molar-refractivity contribution is 0.0891. The molecule has 1 heterocycles. The second-order valence-corrected chi connectivity index (χ2v) is 5.74. The van der Waals surface area contributed by atoms with Gasteiger partial charge in [-0.25, -0.2) is 0 Å². The highest BCUT2D eigenvalue weighted by molar-refractivity contribution is 5.95. The van der Waals surface area contributed by atoms with Gasteiger partial charge in [-0.2, -0.15) is 0 Å². The lowest BCUT2D eigenvalue weighted by Crippen LogP contribution is -2.53. The number of rotatable bonds is 5. The number of aryl methyl sites for hydroxylation is 2. The monoisotopic (exact) mass is 276 g/mol. The Kier molecular flexibility index (Phi) is 4.78. The smallest absolute Gasteiger partial charge is 0.251 e. The van der Waals surface area contributed by atoms with Crippen molar-refractivity contribution in [3.8, 4) is 0 Å². The molecule has 1 amide bonds. The maximum atomic E-state index is 12.3. The molecule has 0 aromatic heterocycles. The quantitative estimate of drug-likeness (QED) is 0.862. The fourth-order valence-electron chi connectivity index (χ4n) is 2.80. The maximum absolute atomic E-state index is 12.3. The number of hydrogen-bond acceptors (Lipinski definition) is 3. The molecule has 1 aromatic rings. The molecule has 1 saturated heterocycles. The maximum Gasteiger partial charge on any atom is 0.251 e. The van der Waals surface area contributed by atoms with Crippen LogP contribution in [0.2, 0.25) is 0 Å². The summed E-state index contributed by atoms with van der Waals surface area (Å²) in [6.07, 6.45) is 2.16. The second kappa shape index (κ2) is 6.37. The highest BCUT2D eigenvalue weighted by atomic mass is 16.5. The van der Waals surface area contributed by atoms with Crippen molar-refractivity contribution in [2.24, 2.45) is 0 Å². The minimum atomic E-state index is -0.109. The Morgan fingerprint density at radius 3 is 2.90 bits per heavy atom. The SMILES string of the molecule is COCC1(CNC(=O)c2cc(C)ccc2C)CCCN1. The van der Waals surface area contributed by atoms with E-state index in [1.807, 2.05) is 32.0 Å². The molecule has 2 N–H and O–H groups in total. The van der Waals surface area contributed by atoms with E-state index in [1.54, 1.807) is 7.11 Å². The molecule has 0 saturated carbocycles. The first kappa shape index (κ1) is 15.0. The van der Waals surface area contributed by atoms with Gasteiger partial charge in [-0.1, -0.05) is 17.7 Å². The molecule has 110 valence electrons. The Hall–Kier alpha value is -1.39. The van der Waals surface area contributed by atoms with Gasteiger partial charge in [-0.3, -0.25) is 4.79 Å². The van der Waals surface area contributed by atoms with Crippen molar-refractivity contribution in [1.29, 1.82) is 0 Å². The molecule has 1 aliphatic rings. The highest BCUT2D eigenvalue weighted by Crippen LogP contribution is 2.19. The number of amides is 1. The van der Waals surface area contributed by atoms with Gasteiger partial charge >= 0.3 is 0 Å². The van der Waals surface area contributed by atoms with Gasteiger partial charge in [0, 0.05) is 19.2 Å². The van der Waals surface area contributed by atoms with Crippen molar-refractivity contribution < 1.29 is 9.53 Å². The number of carbonyl (C=O) groups excluding carboxylic acids is 1. The lowest BCUT2D eigenvalue weighted by atomic mass is 9.98. The van der Waals surface area contributed by atoms with Gasteiger partial charge in [0.25, 0.3) is 5.91 Å². The third-order valence-electron chi connectivity index (χ3n) is 3.98. The van der Waals surface area contributed by atoms with E-state index in [1.165, 1.54) is 0 Å². The summed E-state index contributed by atoms with van der Waals surface area (Å²) in [5.41, 5.74) is 2.76. The zero-order chi connectivity index (χ0) is 14.6. The molecule has 0 radical (unpaired) electrons. The second-order valence-electron chi connectivity index (χ2n) is 5.74. The van der Waals surface area contributed by atoms with Crippen molar-refractivity contribution in [2.75, 3.05) is 26.8 Å². The zero-order valence-electron chi connectivity index (χ0n) is 12.6. The number of benzene rings is 1. The van der Waals surface area contributed by atoms with Crippen LogP contribution in [0.4, 0.5) is 0 Å².